The summed E-state index contributed by atoms with van der Waals surface area (Å²) in [6.45, 7) is 2.05. The summed E-state index contributed by atoms with van der Waals surface area (Å²) in [5.41, 5.74) is 5.04. The van der Waals surface area contributed by atoms with Gasteiger partial charge in [-0.25, -0.2) is 0 Å². The molecule has 2 aliphatic heterocycles. The fraction of sp³-hybridized carbons (Fsp3) is 0.241. The van der Waals surface area contributed by atoms with E-state index in [2.05, 4.69) is 11.1 Å². The molecule has 2 aliphatic rings. The van der Waals surface area contributed by atoms with E-state index in [0.717, 1.165) is 39.0 Å². The Morgan fingerprint density at radius 2 is 1.74 bits per heavy atom. The van der Waals surface area contributed by atoms with E-state index in [-0.39, 0.29) is 24.4 Å². The molecular formula is C29H27N3O3. The van der Waals surface area contributed by atoms with E-state index in [1.807, 2.05) is 79.7 Å². The maximum absolute atomic E-state index is 14.0. The number of piperazine rings is 1. The highest BCUT2D eigenvalue weighted by atomic mass is 16.5. The van der Waals surface area contributed by atoms with Gasteiger partial charge in [-0.15, -0.1) is 0 Å². The summed E-state index contributed by atoms with van der Waals surface area (Å²) >= 11 is 0. The van der Waals surface area contributed by atoms with Crippen LogP contribution in [0, 0.1) is 0 Å². The lowest BCUT2D eigenvalue weighted by Gasteiger charge is -2.48. The summed E-state index contributed by atoms with van der Waals surface area (Å²) in [5.74, 6) is 0.664. The molecule has 1 N–H and O–H groups in total. The van der Waals surface area contributed by atoms with Crippen molar-refractivity contribution in [3.63, 3.8) is 0 Å². The number of aromatic amines is 1. The average Bonchev–Trinajstić information content (AvgIpc) is 3.28. The third-order valence-corrected chi connectivity index (χ3v) is 7.45. The van der Waals surface area contributed by atoms with Crippen LogP contribution in [0.5, 0.6) is 5.75 Å². The number of ether oxygens (including phenoxy) is 1. The van der Waals surface area contributed by atoms with Crippen LogP contribution >= 0.6 is 0 Å². The van der Waals surface area contributed by atoms with E-state index >= 15 is 0 Å². The molecule has 0 spiro atoms. The molecule has 6 rings (SSSR count). The Kier molecular flexibility index (Phi) is 5.10. The van der Waals surface area contributed by atoms with E-state index < -0.39 is 12.1 Å². The predicted octanol–water partition coefficient (Wildman–Crippen LogP) is 4.62. The van der Waals surface area contributed by atoms with Crippen LogP contribution in [0.1, 0.15) is 41.4 Å². The molecule has 3 heterocycles. The van der Waals surface area contributed by atoms with Crippen LogP contribution in [0.3, 0.4) is 0 Å². The van der Waals surface area contributed by atoms with Crippen molar-refractivity contribution in [3.05, 3.63) is 101 Å². The van der Waals surface area contributed by atoms with Gasteiger partial charge >= 0.3 is 0 Å². The number of rotatable bonds is 4. The molecule has 3 atom stereocenters. The molecule has 3 aromatic carbocycles. The van der Waals surface area contributed by atoms with E-state index in [9.17, 15) is 9.59 Å². The molecule has 0 aliphatic carbocycles. The minimum absolute atomic E-state index is 0.00946. The number of carbonyl (C=O) groups is 2. The second kappa shape index (κ2) is 8.31. The minimum Gasteiger partial charge on any atom is -0.497 e. The van der Waals surface area contributed by atoms with Gasteiger partial charge in [0.05, 0.1) is 19.2 Å². The number of amides is 2. The van der Waals surface area contributed by atoms with Crippen molar-refractivity contribution >= 4 is 22.7 Å². The van der Waals surface area contributed by atoms with Gasteiger partial charge in [0.2, 0.25) is 11.8 Å². The number of fused-ring (bicyclic) bond motifs is 4. The highest BCUT2D eigenvalue weighted by Crippen LogP contribution is 2.43. The molecule has 4 aromatic rings. The summed E-state index contributed by atoms with van der Waals surface area (Å²) in [4.78, 5) is 34.9. The highest BCUT2D eigenvalue weighted by Gasteiger charge is 2.49. The summed E-state index contributed by atoms with van der Waals surface area (Å²) in [6.07, 6.45) is 0.488. The van der Waals surface area contributed by atoms with Gasteiger partial charge in [0.25, 0.3) is 0 Å². The van der Waals surface area contributed by atoms with Crippen molar-refractivity contribution < 1.29 is 14.3 Å². The number of nitrogens with zero attached hydrogens (tertiary/aromatic N) is 2. The Labute approximate surface area is 204 Å². The molecular weight excluding hydrogens is 438 g/mol. The lowest BCUT2D eigenvalue weighted by molar-refractivity contribution is -0.160. The van der Waals surface area contributed by atoms with Crippen LogP contribution in [0.15, 0.2) is 78.9 Å². The molecule has 0 saturated carbocycles. The topological polar surface area (TPSA) is 65.6 Å². The largest absolute Gasteiger partial charge is 0.497 e. The van der Waals surface area contributed by atoms with Crippen molar-refractivity contribution in [2.75, 3.05) is 13.7 Å². The standard InChI is InChI=1S/C29H27N3O3/c1-18(19-9-4-3-5-10-19)31-17-26(33)32-25(29(31)34)16-23-22-13-6-7-14-24(22)30-27(23)28(32)20-11-8-12-21(15-20)35-2/h3-15,18,25,28,30H,16-17H2,1-2H3. The van der Waals surface area contributed by atoms with Crippen molar-refractivity contribution in [1.29, 1.82) is 0 Å². The number of methoxy groups -OCH3 is 1. The van der Waals surface area contributed by atoms with Crippen LogP contribution in [0.4, 0.5) is 0 Å². The first-order valence-electron chi connectivity index (χ1n) is 12.0. The minimum atomic E-state index is -0.565. The number of benzene rings is 3. The van der Waals surface area contributed by atoms with Gasteiger partial charge in [0.15, 0.2) is 0 Å². The third kappa shape index (κ3) is 3.40. The maximum atomic E-state index is 14.0. The van der Waals surface area contributed by atoms with Crippen molar-refractivity contribution in [3.8, 4) is 5.75 Å². The maximum Gasteiger partial charge on any atom is 0.246 e. The molecule has 6 nitrogen and oxygen atoms in total. The monoisotopic (exact) mass is 465 g/mol. The first-order chi connectivity index (χ1) is 17.1. The summed E-state index contributed by atoms with van der Waals surface area (Å²) in [7, 11) is 1.63. The van der Waals surface area contributed by atoms with Gasteiger partial charge in [-0.05, 0) is 41.8 Å². The zero-order valence-corrected chi connectivity index (χ0v) is 19.8. The Morgan fingerprint density at radius 3 is 2.54 bits per heavy atom. The van der Waals surface area contributed by atoms with E-state index in [0.29, 0.717) is 6.42 Å². The molecule has 3 unspecified atom stereocenters. The summed E-state index contributed by atoms with van der Waals surface area (Å²) in [6, 6.07) is 24.7. The number of para-hydroxylation sites is 1. The van der Waals surface area contributed by atoms with E-state index in [1.54, 1.807) is 16.9 Å². The fourth-order valence-electron chi connectivity index (χ4n) is 5.68. The molecule has 0 bridgehead atoms. The number of carbonyl (C=O) groups excluding carboxylic acids is 2. The second-order valence-electron chi connectivity index (χ2n) is 9.32. The van der Waals surface area contributed by atoms with Crippen molar-refractivity contribution in [2.45, 2.75) is 31.5 Å². The molecule has 35 heavy (non-hydrogen) atoms. The molecule has 2 amide bonds. The number of aromatic nitrogens is 1. The van der Waals surface area contributed by atoms with Crippen LogP contribution in [-0.4, -0.2) is 46.3 Å². The van der Waals surface area contributed by atoms with Gasteiger partial charge in [-0.2, -0.15) is 0 Å². The number of H-pyrrole nitrogens is 1. The second-order valence-corrected chi connectivity index (χ2v) is 9.32. The van der Waals surface area contributed by atoms with E-state index in [1.165, 1.54) is 0 Å². The first kappa shape index (κ1) is 21.5. The zero-order chi connectivity index (χ0) is 24.1. The molecule has 1 saturated heterocycles. The Bertz CT molecular complexity index is 1430. The quantitative estimate of drug-likeness (QED) is 0.478. The lowest BCUT2D eigenvalue weighted by Crippen LogP contribution is -2.63. The highest BCUT2D eigenvalue weighted by molar-refractivity contribution is 5.98. The zero-order valence-electron chi connectivity index (χ0n) is 19.8. The SMILES string of the molecule is COc1cccc(C2c3[nH]c4ccccc4c3CC3C(=O)N(C(C)c4ccccc4)CC(=O)N32)c1. The molecule has 1 aromatic heterocycles. The third-order valence-electron chi connectivity index (χ3n) is 7.45. The van der Waals surface area contributed by atoms with Crippen molar-refractivity contribution in [1.82, 2.24) is 14.8 Å². The van der Waals surface area contributed by atoms with Gasteiger partial charge < -0.3 is 19.5 Å². The van der Waals surface area contributed by atoms with Crippen LogP contribution in [-0.2, 0) is 16.0 Å². The number of hydrogen-bond donors (Lipinski definition) is 1. The average molecular weight is 466 g/mol. The smallest absolute Gasteiger partial charge is 0.246 e. The van der Waals surface area contributed by atoms with Gasteiger partial charge in [-0.3, -0.25) is 9.59 Å². The van der Waals surface area contributed by atoms with Crippen LogP contribution < -0.4 is 4.74 Å². The normalized spacial score (nSPS) is 20.5. The van der Waals surface area contributed by atoms with Gasteiger partial charge in [0, 0.05) is 23.0 Å². The van der Waals surface area contributed by atoms with Gasteiger partial charge in [-0.1, -0.05) is 60.7 Å². The number of nitrogens with one attached hydrogen (secondary N) is 1. The molecule has 0 radical (unpaired) electrons. The summed E-state index contributed by atoms with van der Waals surface area (Å²) < 4.78 is 5.49. The Hall–Kier alpha value is -4.06. The van der Waals surface area contributed by atoms with Crippen LogP contribution in [0.2, 0.25) is 0 Å². The Morgan fingerprint density at radius 1 is 0.971 bits per heavy atom. The first-order valence-corrected chi connectivity index (χ1v) is 12.0. The van der Waals surface area contributed by atoms with Crippen LogP contribution in [0.25, 0.3) is 10.9 Å². The van der Waals surface area contributed by atoms with E-state index in [4.69, 9.17) is 4.74 Å². The molecule has 6 heteroatoms. The molecule has 176 valence electrons. The Balaban J connectivity index is 1.48. The summed E-state index contributed by atoms with van der Waals surface area (Å²) in [5, 5.41) is 1.10. The fourth-order valence-corrected chi connectivity index (χ4v) is 5.68. The number of hydrogen-bond acceptors (Lipinski definition) is 3. The molecule has 1 fully saturated rings. The lowest BCUT2D eigenvalue weighted by atomic mass is 9.85. The predicted molar refractivity (Wildman–Crippen MR) is 134 cm³/mol. The van der Waals surface area contributed by atoms with Gasteiger partial charge in [0.1, 0.15) is 18.3 Å². The van der Waals surface area contributed by atoms with Crippen molar-refractivity contribution in [2.24, 2.45) is 0 Å².